The topological polar surface area (TPSA) is 34.2 Å². The molecule has 2 aliphatic rings. The fourth-order valence-corrected chi connectivity index (χ4v) is 6.36. The van der Waals surface area contributed by atoms with Gasteiger partial charge in [0.2, 0.25) is 0 Å². The van der Waals surface area contributed by atoms with Gasteiger partial charge in [-0.25, -0.2) is 0 Å². The Hall–Kier alpha value is -6.84. The number of hydrogen-bond donors (Lipinski definition) is 1. The van der Waals surface area contributed by atoms with Crippen LogP contribution in [-0.4, -0.2) is 4.57 Å². The van der Waals surface area contributed by atoms with Crippen molar-refractivity contribution < 1.29 is 0 Å². The minimum atomic E-state index is 0.741. The third kappa shape index (κ3) is 13.4. The molecule has 0 saturated carbocycles. The summed E-state index contributed by atoms with van der Waals surface area (Å²) < 4.78 is 2.42. The van der Waals surface area contributed by atoms with Crippen LogP contribution in [0.5, 0.6) is 0 Å². The van der Waals surface area contributed by atoms with Gasteiger partial charge in [-0.1, -0.05) is 170 Å². The Morgan fingerprint density at radius 1 is 0.712 bits per heavy atom. The number of para-hydroxylation sites is 1. The molecule has 302 valence electrons. The van der Waals surface area contributed by atoms with Gasteiger partial charge in [0.25, 0.3) is 0 Å². The summed E-state index contributed by atoms with van der Waals surface area (Å²) in [6.45, 7) is 29.1. The molecule has 0 spiro atoms. The second kappa shape index (κ2) is 25.4. The van der Waals surface area contributed by atoms with E-state index in [2.05, 4.69) is 153 Å². The molecule has 3 nitrogen and oxygen atoms in total. The molecular formula is C56H63N3. The van der Waals surface area contributed by atoms with Crippen molar-refractivity contribution in [3.63, 3.8) is 0 Å². The maximum atomic E-state index is 5.94. The number of rotatable bonds is 8. The van der Waals surface area contributed by atoms with Crippen LogP contribution < -0.4 is 10.6 Å². The van der Waals surface area contributed by atoms with Gasteiger partial charge in [-0.15, -0.1) is 0 Å². The average molecular weight is 778 g/mol. The van der Waals surface area contributed by atoms with Gasteiger partial charge in [-0.2, -0.15) is 0 Å². The summed E-state index contributed by atoms with van der Waals surface area (Å²) in [7, 11) is 0. The fraction of sp³-hybridized carbons (Fsp3) is 0.143. The first-order valence-corrected chi connectivity index (χ1v) is 20.6. The summed E-state index contributed by atoms with van der Waals surface area (Å²) in [6.07, 6.45) is 31.2. The van der Waals surface area contributed by atoms with Crippen molar-refractivity contribution in [2.45, 2.75) is 53.9 Å². The van der Waals surface area contributed by atoms with Crippen LogP contribution in [0.15, 0.2) is 220 Å². The Bertz CT molecular complexity index is 2330. The molecule has 0 radical (unpaired) electrons. The van der Waals surface area contributed by atoms with E-state index in [9.17, 15) is 0 Å². The molecule has 0 unspecified atom stereocenters. The van der Waals surface area contributed by atoms with Crippen LogP contribution in [0, 0.1) is 6.92 Å². The van der Waals surface area contributed by atoms with E-state index in [4.69, 9.17) is 5.73 Å². The van der Waals surface area contributed by atoms with Gasteiger partial charge in [0, 0.05) is 52.5 Å². The maximum absolute atomic E-state index is 5.94. The van der Waals surface area contributed by atoms with E-state index in [1.54, 1.807) is 12.2 Å². The van der Waals surface area contributed by atoms with E-state index in [0.29, 0.717) is 0 Å². The smallest absolute Gasteiger partial charge is 0.0538 e. The lowest BCUT2D eigenvalue weighted by atomic mass is 9.98. The van der Waals surface area contributed by atoms with Gasteiger partial charge in [0.1, 0.15) is 0 Å². The predicted molar refractivity (Wildman–Crippen MR) is 265 cm³/mol. The molecule has 59 heavy (non-hydrogen) atoms. The number of nitrogen functional groups attached to an aromatic ring is 1. The number of aromatic nitrogens is 1. The molecule has 0 saturated heterocycles. The Kier molecular flexibility index (Phi) is 20.1. The zero-order valence-electron chi connectivity index (χ0n) is 35.9. The second-order valence-corrected chi connectivity index (χ2v) is 13.1. The highest BCUT2D eigenvalue weighted by Gasteiger charge is 2.20. The van der Waals surface area contributed by atoms with Crippen molar-refractivity contribution in [2.75, 3.05) is 10.6 Å². The van der Waals surface area contributed by atoms with E-state index in [1.807, 2.05) is 94.6 Å². The molecular weight excluding hydrogens is 715 g/mol. The summed E-state index contributed by atoms with van der Waals surface area (Å²) in [5, 5.41) is 1.25. The molecule has 5 aromatic rings. The molecule has 1 aliphatic carbocycles. The summed E-state index contributed by atoms with van der Waals surface area (Å²) in [5.41, 5.74) is 19.4. The second-order valence-electron chi connectivity index (χ2n) is 13.1. The van der Waals surface area contributed by atoms with Crippen molar-refractivity contribution >= 4 is 33.9 Å². The van der Waals surface area contributed by atoms with E-state index < -0.39 is 0 Å². The average Bonchev–Trinajstić information content (AvgIpc) is 3.87. The normalized spacial score (nSPS) is 15.1. The third-order valence-corrected chi connectivity index (χ3v) is 9.28. The van der Waals surface area contributed by atoms with Gasteiger partial charge in [-0.05, 0) is 114 Å². The Morgan fingerprint density at radius 2 is 1.41 bits per heavy atom. The number of nitrogens with two attached hydrogens (primary N) is 1. The van der Waals surface area contributed by atoms with Crippen LogP contribution in [-0.2, 0) is 12.8 Å². The standard InChI is InChI=1S/C36H31N3.C12H14.C4H6.2C2H6/c1-25-9-6-7-21-38(31-17-15-30(37)16-18-31)22-20-29(23-27(25)3)28-14-19-36-33(24-28)32-11-8-13-35(32)39(36)34-12-5-4-10-26(34)2;1-2-3-4-6-9-12-10-7-5-8-11-12;1-3-4-2;2*1-2/h4-12,14-24H,1,3,13,37H2,2H3;2-5,7-8,10-11H,1,6,9H2;3-4H,1-2H2;2*1-2H3/b9-6-,21-7-,22-20-,29-23+;4-3-;;;. The zero-order chi connectivity index (χ0) is 43.0. The van der Waals surface area contributed by atoms with Gasteiger partial charge in [0.05, 0.1) is 5.52 Å². The van der Waals surface area contributed by atoms with Crippen LogP contribution in [0.3, 0.4) is 0 Å². The lowest BCUT2D eigenvalue weighted by molar-refractivity contribution is 1.00. The third-order valence-electron chi connectivity index (χ3n) is 9.28. The quantitative estimate of drug-likeness (QED) is 0.126. The first-order valence-electron chi connectivity index (χ1n) is 20.6. The van der Waals surface area contributed by atoms with Crippen molar-refractivity contribution in [3.05, 3.63) is 248 Å². The fourth-order valence-electron chi connectivity index (χ4n) is 6.36. The Labute approximate surface area is 355 Å². The highest BCUT2D eigenvalue weighted by molar-refractivity contribution is 5.97. The highest BCUT2D eigenvalue weighted by atomic mass is 15.1. The number of benzene rings is 4. The van der Waals surface area contributed by atoms with Crippen molar-refractivity contribution in [3.8, 4) is 5.69 Å². The predicted octanol–water partition coefficient (Wildman–Crippen LogP) is 15.5. The number of allylic oxidation sites excluding steroid dienone is 14. The van der Waals surface area contributed by atoms with Crippen LogP contribution in [0.1, 0.15) is 62.1 Å². The molecule has 4 aromatic carbocycles. The van der Waals surface area contributed by atoms with Crippen molar-refractivity contribution in [2.24, 2.45) is 0 Å². The molecule has 2 heterocycles. The first kappa shape index (κ1) is 46.5. The molecule has 7 rings (SSSR count). The summed E-state index contributed by atoms with van der Waals surface area (Å²) in [5.74, 6) is 0. The molecule has 0 amide bonds. The minimum Gasteiger partial charge on any atom is -0.399 e. The molecule has 0 bridgehead atoms. The number of fused-ring (bicyclic) bond motifs is 3. The lowest BCUT2D eigenvalue weighted by Crippen LogP contribution is -2.06. The number of nitrogens with zero attached hydrogens (tertiary/aromatic N) is 2. The molecule has 0 atom stereocenters. The SMILES string of the molecule is C=C/C=C\CCc1ccccc1.C=C1/C=C\C=C/N(c2ccc(N)cc2)/C=C\C(c2ccc3c(c2)c2c(n3-c3ccccc3C)CC=C2)=C/C1=C.C=CC=C.CC.CC. The van der Waals surface area contributed by atoms with Crippen LogP contribution in [0.2, 0.25) is 0 Å². The van der Waals surface area contributed by atoms with Crippen molar-refractivity contribution in [1.82, 2.24) is 4.57 Å². The van der Waals surface area contributed by atoms with Gasteiger partial charge in [-0.3, -0.25) is 0 Å². The van der Waals surface area contributed by atoms with Crippen LogP contribution in [0.25, 0.3) is 28.2 Å². The summed E-state index contributed by atoms with van der Waals surface area (Å²) in [6, 6.07) is 33.7. The van der Waals surface area contributed by atoms with Gasteiger partial charge >= 0.3 is 0 Å². The Morgan fingerprint density at radius 3 is 2.08 bits per heavy atom. The lowest BCUT2D eigenvalue weighted by Gasteiger charge is -2.16. The van der Waals surface area contributed by atoms with Gasteiger partial charge < -0.3 is 15.2 Å². The number of aryl methyl sites for hydroxylation is 2. The number of hydrogen-bond acceptors (Lipinski definition) is 2. The van der Waals surface area contributed by atoms with Crippen LogP contribution >= 0.6 is 0 Å². The minimum absolute atomic E-state index is 0.741. The largest absolute Gasteiger partial charge is 0.399 e. The highest BCUT2D eigenvalue weighted by Crippen LogP contribution is 2.37. The van der Waals surface area contributed by atoms with E-state index in [1.165, 1.54) is 39.0 Å². The van der Waals surface area contributed by atoms with Crippen molar-refractivity contribution in [1.29, 1.82) is 0 Å². The van der Waals surface area contributed by atoms with E-state index in [0.717, 1.165) is 52.9 Å². The molecule has 1 aromatic heterocycles. The van der Waals surface area contributed by atoms with Crippen LogP contribution in [0.4, 0.5) is 11.4 Å². The Balaban J connectivity index is 0.000000388. The molecule has 1 aliphatic heterocycles. The summed E-state index contributed by atoms with van der Waals surface area (Å²) in [4.78, 5) is 2.09. The number of anilines is 2. The van der Waals surface area contributed by atoms with E-state index in [-0.39, 0.29) is 0 Å². The monoisotopic (exact) mass is 778 g/mol. The van der Waals surface area contributed by atoms with E-state index >= 15 is 0 Å². The maximum Gasteiger partial charge on any atom is 0.0538 e. The molecule has 2 N–H and O–H groups in total. The summed E-state index contributed by atoms with van der Waals surface area (Å²) >= 11 is 0. The molecule has 3 heteroatoms. The van der Waals surface area contributed by atoms with Gasteiger partial charge in [0.15, 0.2) is 0 Å². The first-order chi connectivity index (χ1) is 28.8. The molecule has 0 fully saturated rings. The zero-order valence-corrected chi connectivity index (χ0v) is 35.9.